The van der Waals surface area contributed by atoms with E-state index in [2.05, 4.69) is 5.10 Å². The second-order valence-electron chi connectivity index (χ2n) is 5.75. The molecule has 0 amide bonds. The second-order valence-corrected chi connectivity index (χ2v) is 5.75. The van der Waals surface area contributed by atoms with Crippen LogP contribution in [0.4, 0.5) is 0 Å². The van der Waals surface area contributed by atoms with E-state index >= 15 is 0 Å². The first-order valence-electron chi connectivity index (χ1n) is 8.32. The van der Waals surface area contributed by atoms with Crippen molar-refractivity contribution in [3.63, 3.8) is 0 Å². The first-order chi connectivity index (χ1) is 11.1. The molecule has 0 bridgehead atoms. The predicted octanol–water partition coefficient (Wildman–Crippen LogP) is 4.19. The summed E-state index contributed by atoms with van der Waals surface area (Å²) in [6.07, 6.45) is 3.37. The van der Waals surface area contributed by atoms with Gasteiger partial charge in [-0.2, -0.15) is 5.10 Å². The maximum absolute atomic E-state index is 12.6. The van der Waals surface area contributed by atoms with Gasteiger partial charge in [0.05, 0.1) is 12.7 Å². The van der Waals surface area contributed by atoms with Crippen molar-refractivity contribution in [2.45, 2.75) is 40.0 Å². The topological polar surface area (TPSA) is 44.1 Å². The molecular formula is C20H29N2O2Y-. The van der Waals surface area contributed by atoms with Crippen LogP contribution in [0.15, 0.2) is 29.1 Å². The molecule has 0 N–H and O–H groups in total. The minimum absolute atomic E-state index is 0. The Labute approximate surface area is 176 Å². The third-order valence-electron chi connectivity index (χ3n) is 4.07. The zero-order valence-corrected chi connectivity index (χ0v) is 19.1. The molecule has 25 heavy (non-hydrogen) atoms. The van der Waals surface area contributed by atoms with E-state index in [0.717, 1.165) is 23.2 Å². The van der Waals surface area contributed by atoms with E-state index in [1.807, 2.05) is 45.0 Å². The SMILES string of the molecule is CC.COc1c(CC2CC2)nn(C)c(=O)c1-c1ccccc1C.[CH3-].[Y]. The van der Waals surface area contributed by atoms with E-state index < -0.39 is 0 Å². The van der Waals surface area contributed by atoms with Crippen molar-refractivity contribution in [1.29, 1.82) is 0 Å². The van der Waals surface area contributed by atoms with Gasteiger partial charge in [-0.25, -0.2) is 4.68 Å². The Hall–Kier alpha value is -0.996. The van der Waals surface area contributed by atoms with Crippen LogP contribution in [0, 0.1) is 20.3 Å². The predicted molar refractivity (Wildman–Crippen MR) is 100 cm³/mol. The van der Waals surface area contributed by atoms with Crippen LogP contribution in [0.3, 0.4) is 0 Å². The van der Waals surface area contributed by atoms with Crippen molar-refractivity contribution >= 4 is 0 Å². The molecule has 0 aliphatic heterocycles. The molecule has 0 atom stereocenters. The van der Waals surface area contributed by atoms with E-state index in [1.54, 1.807) is 14.2 Å². The Kier molecular flexibility index (Phi) is 10.4. The Morgan fingerprint density at radius 3 is 2.36 bits per heavy atom. The molecule has 0 saturated heterocycles. The maximum atomic E-state index is 12.6. The maximum Gasteiger partial charge on any atom is 0.278 e. The van der Waals surface area contributed by atoms with Crippen molar-refractivity contribution < 1.29 is 37.4 Å². The molecule has 1 heterocycles. The van der Waals surface area contributed by atoms with Gasteiger partial charge in [0.15, 0.2) is 5.75 Å². The van der Waals surface area contributed by atoms with Crippen LogP contribution in [-0.2, 0) is 46.2 Å². The molecule has 1 fully saturated rings. The van der Waals surface area contributed by atoms with Crippen molar-refractivity contribution in [2.24, 2.45) is 13.0 Å². The summed E-state index contributed by atoms with van der Waals surface area (Å²) in [5, 5.41) is 4.42. The van der Waals surface area contributed by atoms with Crippen molar-refractivity contribution in [3.8, 4) is 16.9 Å². The van der Waals surface area contributed by atoms with Crippen LogP contribution in [0.1, 0.15) is 37.9 Å². The number of ether oxygens (including phenoxy) is 1. The standard InChI is InChI=1S/C17H20N2O2.C2H6.CH3.Y/c1-11-6-4-5-7-13(11)15-16(21-3)14(10-12-8-9-12)18-19(2)17(15)20;1-2;;/h4-7,12H,8-10H2,1-3H3;1-2H3;1H3;/q;;-1;. The smallest absolute Gasteiger partial charge is 0.278 e. The number of hydrogen-bond acceptors (Lipinski definition) is 3. The summed E-state index contributed by atoms with van der Waals surface area (Å²) in [4.78, 5) is 12.6. The Morgan fingerprint density at radius 2 is 1.84 bits per heavy atom. The van der Waals surface area contributed by atoms with E-state index in [1.165, 1.54) is 17.5 Å². The van der Waals surface area contributed by atoms with E-state index in [0.29, 0.717) is 17.2 Å². The Balaban J connectivity index is 0.00000139. The molecule has 3 rings (SSSR count). The number of aryl methyl sites for hydroxylation is 2. The fourth-order valence-corrected chi connectivity index (χ4v) is 2.71. The summed E-state index contributed by atoms with van der Waals surface area (Å²) in [5.41, 5.74) is 3.40. The minimum Gasteiger partial charge on any atom is -0.494 e. The molecule has 0 unspecified atom stereocenters. The number of aromatic nitrogens is 2. The summed E-state index contributed by atoms with van der Waals surface area (Å²) in [5.74, 6) is 1.33. The summed E-state index contributed by atoms with van der Waals surface area (Å²) in [7, 11) is 3.33. The molecule has 1 aromatic heterocycles. The van der Waals surface area contributed by atoms with Gasteiger partial charge in [-0.05, 0) is 43.2 Å². The largest absolute Gasteiger partial charge is 0.494 e. The van der Waals surface area contributed by atoms with Crippen LogP contribution in [-0.4, -0.2) is 16.9 Å². The van der Waals surface area contributed by atoms with Crippen molar-refractivity contribution in [3.05, 3.63) is 53.3 Å². The van der Waals surface area contributed by atoms with Gasteiger partial charge >= 0.3 is 0 Å². The summed E-state index contributed by atoms with van der Waals surface area (Å²) >= 11 is 0. The monoisotopic (exact) mass is 418 g/mol. The molecule has 1 aromatic carbocycles. The molecule has 135 valence electrons. The van der Waals surface area contributed by atoms with Gasteiger partial charge in [-0.15, -0.1) is 0 Å². The van der Waals surface area contributed by atoms with Crippen LogP contribution < -0.4 is 10.3 Å². The van der Waals surface area contributed by atoms with E-state index in [-0.39, 0.29) is 45.7 Å². The van der Waals surface area contributed by atoms with Gasteiger partial charge in [0.25, 0.3) is 5.56 Å². The molecule has 5 heteroatoms. The Bertz CT molecular complexity index is 737. The minimum atomic E-state index is -0.110. The summed E-state index contributed by atoms with van der Waals surface area (Å²) < 4.78 is 7.01. The summed E-state index contributed by atoms with van der Waals surface area (Å²) in [6, 6.07) is 7.90. The normalized spacial score (nSPS) is 12.2. The summed E-state index contributed by atoms with van der Waals surface area (Å²) in [6.45, 7) is 6.01. The molecule has 1 aliphatic rings. The number of methoxy groups -OCH3 is 1. The second kappa shape index (κ2) is 10.9. The van der Waals surface area contributed by atoms with Crippen LogP contribution in [0.25, 0.3) is 11.1 Å². The average molecular weight is 418 g/mol. The third-order valence-corrected chi connectivity index (χ3v) is 4.07. The van der Waals surface area contributed by atoms with Gasteiger partial charge in [-0.3, -0.25) is 4.79 Å². The van der Waals surface area contributed by atoms with Gasteiger partial charge < -0.3 is 12.2 Å². The zero-order chi connectivity index (χ0) is 17.0. The van der Waals surface area contributed by atoms with Crippen LogP contribution >= 0.6 is 0 Å². The van der Waals surface area contributed by atoms with Crippen molar-refractivity contribution in [2.75, 3.05) is 7.11 Å². The average Bonchev–Trinajstić information content (AvgIpc) is 3.37. The molecule has 0 spiro atoms. The first-order valence-corrected chi connectivity index (χ1v) is 8.32. The fourth-order valence-electron chi connectivity index (χ4n) is 2.71. The molecule has 4 nitrogen and oxygen atoms in total. The number of nitrogens with zero attached hydrogens (tertiary/aromatic N) is 2. The number of benzene rings is 1. The molecule has 1 aliphatic carbocycles. The molecule has 1 radical (unpaired) electrons. The van der Waals surface area contributed by atoms with Crippen LogP contribution in [0.5, 0.6) is 5.75 Å². The van der Waals surface area contributed by atoms with Gasteiger partial charge in [0, 0.05) is 39.8 Å². The first kappa shape index (κ1) is 24.0. The zero-order valence-electron chi connectivity index (χ0n) is 16.3. The van der Waals surface area contributed by atoms with Gasteiger partial charge in [0.1, 0.15) is 5.69 Å². The fraction of sp³-hybridized carbons (Fsp3) is 0.450. The molecular weight excluding hydrogens is 389 g/mol. The van der Waals surface area contributed by atoms with Gasteiger partial charge in [-0.1, -0.05) is 38.1 Å². The number of hydrogen-bond donors (Lipinski definition) is 0. The van der Waals surface area contributed by atoms with E-state index in [4.69, 9.17) is 4.74 Å². The third kappa shape index (κ3) is 5.49. The van der Waals surface area contributed by atoms with Gasteiger partial charge in [0.2, 0.25) is 0 Å². The molecule has 1 saturated carbocycles. The number of rotatable bonds is 4. The quantitative estimate of drug-likeness (QED) is 0.700. The van der Waals surface area contributed by atoms with E-state index in [9.17, 15) is 4.79 Å². The van der Waals surface area contributed by atoms with Crippen LogP contribution in [0.2, 0.25) is 0 Å². The molecule has 2 aromatic rings. The Morgan fingerprint density at radius 1 is 1.24 bits per heavy atom. The van der Waals surface area contributed by atoms with Crippen molar-refractivity contribution in [1.82, 2.24) is 9.78 Å².